The first kappa shape index (κ1) is 16.3. The number of carbonyl (C=O) groups excluding carboxylic acids is 1. The van der Waals surface area contributed by atoms with Crippen molar-refractivity contribution >= 4 is 5.91 Å². The molecule has 3 rings (SSSR count). The minimum atomic E-state index is 0.0235. The number of amides is 1. The first-order valence-corrected chi connectivity index (χ1v) is 8.24. The third-order valence-electron chi connectivity index (χ3n) is 4.12. The van der Waals surface area contributed by atoms with Crippen LogP contribution >= 0.6 is 0 Å². The number of aromatic nitrogens is 1. The van der Waals surface area contributed by atoms with Crippen LogP contribution in [0.4, 0.5) is 0 Å². The highest BCUT2D eigenvalue weighted by Crippen LogP contribution is 2.18. The van der Waals surface area contributed by atoms with Crippen molar-refractivity contribution in [2.24, 2.45) is 0 Å². The summed E-state index contributed by atoms with van der Waals surface area (Å²) in [7, 11) is 0. The van der Waals surface area contributed by atoms with Crippen molar-refractivity contribution in [1.82, 2.24) is 9.88 Å². The molecular formula is C19H22N2O3. The van der Waals surface area contributed by atoms with Crippen molar-refractivity contribution in [2.75, 3.05) is 19.7 Å². The van der Waals surface area contributed by atoms with E-state index in [9.17, 15) is 4.79 Å². The Balaban J connectivity index is 1.42. The maximum absolute atomic E-state index is 12.3. The van der Waals surface area contributed by atoms with E-state index in [0.717, 1.165) is 24.3 Å². The van der Waals surface area contributed by atoms with Crippen molar-refractivity contribution in [3.05, 3.63) is 54.4 Å². The van der Waals surface area contributed by atoms with Crippen LogP contribution in [0.15, 0.2) is 48.8 Å². The van der Waals surface area contributed by atoms with Crippen LogP contribution in [0.1, 0.15) is 18.4 Å². The van der Waals surface area contributed by atoms with Gasteiger partial charge in [0.15, 0.2) is 6.61 Å². The minimum Gasteiger partial charge on any atom is -0.489 e. The Labute approximate surface area is 142 Å². The molecule has 5 heteroatoms. The van der Waals surface area contributed by atoms with E-state index in [4.69, 9.17) is 9.47 Å². The third kappa shape index (κ3) is 4.47. The summed E-state index contributed by atoms with van der Waals surface area (Å²) in [5, 5.41) is 0. The molecule has 5 nitrogen and oxygen atoms in total. The highest BCUT2D eigenvalue weighted by Gasteiger charge is 2.24. The van der Waals surface area contributed by atoms with Gasteiger partial charge in [0.2, 0.25) is 0 Å². The summed E-state index contributed by atoms with van der Waals surface area (Å²) in [5.41, 5.74) is 1.17. The predicted octanol–water partition coefficient (Wildman–Crippen LogP) is 2.84. The molecule has 0 N–H and O–H groups in total. The number of ether oxygens (including phenoxy) is 2. The Bertz CT molecular complexity index is 650. The summed E-state index contributed by atoms with van der Waals surface area (Å²) < 4.78 is 11.5. The Hall–Kier alpha value is -2.56. The number of rotatable bonds is 5. The van der Waals surface area contributed by atoms with Gasteiger partial charge in [-0.25, -0.2) is 0 Å². The van der Waals surface area contributed by atoms with Gasteiger partial charge in [0.25, 0.3) is 5.91 Å². The summed E-state index contributed by atoms with van der Waals surface area (Å²) in [5.74, 6) is 1.53. The number of hydrogen-bond donors (Lipinski definition) is 0. The van der Waals surface area contributed by atoms with Gasteiger partial charge in [-0.3, -0.25) is 9.78 Å². The molecule has 2 heterocycles. The number of benzene rings is 1. The van der Waals surface area contributed by atoms with Gasteiger partial charge >= 0.3 is 0 Å². The lowest BCUT2D eigenvalue weighted by Gasteiger charge is -2.32. The van der Waals surface area contributed by atoms with Crippen LogP contribution in [0.25, 0.3) is 0 Å². The fourth-order valence-corrected chi connectivity index (χ4v) is 2.70. The van der Waals surface area contributed by atoms with E-state index in [-0.39, 0.29) is 18.6 Å². The second kappa shape index (κ2) is 7.81. The molecule has 0 aliphatic carbocycles. The van der Waals surface area contributed by atoms with Gasteiger partial charge in [-0.1, -0.05) is 17.7 Å². The molecule has 1 fully saturated rings. The third-order valence-corrected chi connectivity index (χ3v) is 4.12. The summed E-state index contributed by atoms with van der Waals surface area (Å²) in [6, 6.07) is 11.5. The van der Waals surface area contributed by atoms with E-state index in [2.05, 4.69) is 4.98 Å². The maximum atomic E-state index is 12.3. The SMILES string of the molecule is Cc1ccc(OCC(=O)N2CCC(Oc3cccnc3)CC2)cc1. The van der Waals surface area contributed by atoms with E-state index in [1.165, 1.54) is 5.56 Å². The Morgan fingerprint density at radius 3 is 2.58 bits per heavy atom. The Morgan fingerprint density at radius 2 is 1.92 bits per heavy atom. The van der Waals surface area contributed by atoms with Crippen molar-refractivity contribution in [3.63, 3.8) is 0 Å². The zero-order valence-electron chi connectivity index (χ0n) is 13.9. The van der Waals surface area contributed by atoms with Crippen LogP contribution in [0.3, 0.4) is 0 Å². The zero-order chi connectivity index (χ0) is 16.8. The number of likely N-dealkylation sites (tertiary alicyclic amines) is 1. The van der Waals surface area contributed by atoms with Crippen LogP contribution in [0, 0.1) is 6.92 Å². The normalized spacial score (nSPS) is 15.1. The lowest BCUT2D eigenvalue weighted by atomic mass is 10.1. The van der Waals surface area contributed by atoms with E-state index in [1.807, 2.05) is 48.2 Å². The lowest BCUT2D eigenvalue weighted by Crippen LogP contribution is -2.43. The van der Waals surface area contributed by atoms with Gasteiger partial charge in [-0.15, -0.1) is 0 Å². The van der Waals surface area contributed by atoms with Gasteiger partial charge in [0.1, 0.15) is 17.6 Å². The number of nitrogens with zero attached hydrogens (tertiary/aromatic N) is 2. The van der Waals surface area contributed by atoms with E-state index in [0.29, 0.717) is 13.1 Å². The molecule has 2 aromatic rings. The molecule has 0 spiro atoms. The fraction of sp³-hybridized carbons (Fsp3) is 0.368. The lowest BCUT2D eigenvalue weighted by molar-refractivity contribution is -0.135. The van der Waals surface area contributed by atoms with Crippen LogP contribution in [0.2, 0.25) is 0 Å². The molecule has 1 aromatic carbocycles. The highest BCUT2D eigenvalue weighted by molar-refractivity contribution is 5.77. The summed E-state index contributed by atoms with van der Waals surface area (Å²) in [6.45, 7) is 3.49. The molecule has 126 valence electrons. The summed E-state index contributed by atoms with van der Waals surface area (Å²) in [6.07, 6.45) is 5.22. The van der Waals surface area contributed by atoms with Crippen molar-refractivity contribution < 1.29 is 14.3 Å². The predicted molar refractivity (Wildman–Crippen MR) is 91.1 cm³/mol. The van der Waals surface area contributed by atoms with Crippen LogP contribution < -0.4 is 9.47 Å². The molecule has 0 atom stereocenters. The number of piperidine rings is 1. The number of pyridine rings is 1. The topological polar surface area (TPSA) is 51.7 Å². The minimum absolute atomic E-state index is 0.0235. The molecule has 1 saturated heterocycles. The highest BCUT2D eigenvalue weighted by atomic mass is 16.5. The summed E-state index contributed by atoms with van der Waals surface area (Å²) >= 11 is 0. The van der Waals surface area contributed by atoms with Crippen molar-refractivity contribution in [3.8, 4) is 11.5 Å². The fourth-order valence-electron chi connectivity index (χ4n) is 2.70. The molecule has 0 bridgehead atoms. The quantitative estimate of drug-likeness (QED) is 0.848. The first-order chi connectivity index (χ1) is 11.7. The molecule has 0 saturated carbocycles. The van der Waals surface area contributed by atoms with Crippen LogP contribution in [-0.4, -0.2) is 41.6 Å². The monoisotopic (exact) mass is 326 g/mol. The van der Waals surface area contributed by atoms with Gasteiger partial charge in [-0.05, 0) is 31.2 Å². The Kier molecular flexibility index (Phi) is 5.31. The zero-order valence-corrected chi connectivity index (χ0v) is 13.9. The number of aryl methyl sites for hydroxylation is 1. The summed E-state index contributed by atoms with van der Waals surface area (Å²) in [4.78, 5) is 18.1. The molecule has 1 aromatic heterocycles. The second-order valence-electron chi connectivity index (χ2n) is 5.99. The second-order valence-corrected chi connectivity index (χ2v) is 5.99. The molecule has 1 amide bonds. The maximum Gasteiger partial charge on any atom is 0.260 e. The van der Waals surface area contributed by atoms with E-state index >= 15 is 0 Å². The largest absolute Gasteiger partial charge is 0.489 e. The first-order valence-electron chi connectivity index (χ1n) is 8.24. The molecule has 0 radical (unpaired) electrons. The number of hydrogen-bond acceptors (Lipinski definition) is 4. The van der Waals surface area contributed by atoms with Crippen molar-refractivity contribution in [1.29, 1.82) is 0 Å². The standard InChI is InChI=1S/C19H22N2O3/c1-15-4-6-16(7-5-15)23-14-19(22)21-11-8-17(9-12-21)24-18-3-2-10-20-13-18/h2-7,10,13,17H,8-9,11-12,14H2,1H3. The number of carbonyl (C=O) groups is 1. The van der Waals surface area contributed by atoms with E-state index < -0.39 is 0 Å². The Morgan fingerprint density at radius 1 is 1.17 bits per heavy atom. The smallest absolute Gasteiger partial charge is 0.260 e. The van der Waals surface area contributed by atoms with E-state index in [1.54, 1.807) is 12.4 Å². The molecule has 0 unspecified atom stereocenters. The van der Waals surface area contributed by atoms with Gasteiger partial charge < -0.3 is 14.4 Å². The molecule has 24 heavy (non-hydrogen) atoms. The average Bonchev–Trinajstić information content (AvgIpc) is 2.62. The van der Waals surface area contributed by atoms with Gasteiger partial charge in [-0.2, -0.15) is 0 Å². The molecular weight excluding hydrogens is 304 g/mol. The van der Waals surface area contributed by atoms with Crippen LogP contribution in [0.5, 0.6) is 11.5 Å². The van der Waals surface area contributed by atoms with Crippen LogP contribution in [-0.2, 0) is 4.79 Å². The molecule has 1 aliphatic rings. The van der Waals surface area contributed by atoms with Crippen molar-refractivity contribution in [2.45, 2.75) is 25.9 Å². The molecule has 1 aliphatic heterocycles. The van der Waals surface area contributed by atoms with Gasteiger partial charge in [0.05, 0.1) is 6.20 Å². The van der Waals surface area contributed by atoms with Gasteiger partial charge in [0, 0.05) is 32.1 Å². The average molecular weight is 326 g/mol.